The first-order valence-electron chi connectivity index (χ1n) is 9.85. The third kappa shape index (κ3) is 6.09. The number of halogens is 1. The molecule has 0 radical (unpaired) electrons. The highest BCUT2D eigenvalue weighted by molar-refractivity contribution is 7.89. The predicted octanol–water partition coefficient (Wildman–Crippen LogP) is 0.464. The first kappa shape index (κ1) is 21.4. The maximum Gasteiger partial charge on any atom is 0.275 e. The van der Waals surface area contributed by atoms with Crippen molar-refractivity contribution in [1.82, 2.24) is 9.62 Å². The average molecular weight is 421 g/mol. The van der Waals surface area contributed by atoms with Crippen molar-refractivity contribution in [3.63, 3.8) is 0 Å². The molecule has 0 bridgehead atoms. The number of carbonyl (C=O) groups excluding carboxylic acids is 1. The summed E-state index contributed by atoms with van der Waals surface area (Å²) in [5, 5.41) is 2.94. The fourth-order valence-corrected chi connectivity index (χ4v) is 4.92. The number of nitrogens with zero attached hydrogens (tertiary/aromatic N) is 1. The van der Waals surface area contributed by atoms with E-state index in [1.165, 1.54) is 28.1 Å². The zero-order chi connectivity index (χ0) is 20.7. The number of quaternary nitrogens is 1. The number of sulfonamides is 1. The maximum atomic E-state index is 13.4. The van der Waals surface area contributed by atoms with E-state index >= 15 is 0 Å². The van der Waals surface area contributed by atoms with E-state index in [1.54, 1.807) is 0 Å². The second-order valence-electron chi connectivity index (χ2n) is 7.23. The number of nitrogens with one attached hydrogen (secondary N) is 2. The van der Waals surface area contributed by atoms with Crippen LogP contribution in [0.3, 0.4) is 0 Å². The smallest absolute Gasteiger partial charge is 0.275 e. The highest BCUT2D eigenvalue weighted by Gasteiger charge is 2.31. The number of carbonyl (C=O) groups is 1. The Morgan fingerprint density at radius 2 is 1.79 bits per heavy atom. The molecule has 0 unspecified atom stereocenters. The highest BCUT2D eigenvalue weighted by Crippen LogP contribution is 2.16. The first-order chi connectivity index (χ1) is 13.9. The number of hydrogen-bond donors (Lipinski definition) is 2. The van der Waals surface area contributed by atoms with Gasteiger partial charge in [-0.15, -0.1) is 0 Å². The SMILES string of the molecule is O=C(C[NH+]1CCN(S(=O)(=O)c2cccc(F)c2)CC1)NCCCc1ccccc1. The lowest BCUT2D eigenvalue weighted by Crippen LogP contribution is -3.15. The van der Waals surface area contributed by atoms with Crippen LogP contribution < -0.4 is 10.2 Å². The van der Waals surface area contributed by atoms with E-state index < -0.39 is 15.8 Å². The molecule has 0 atom stereocenters. The molecule has 2 aromatic rings. The predicted molar refractivity (Wildman–Crippen MR) is 108 cm³/mol. The molecule has 0 spiro atoms. The van der Waals surface area contributed by atoms with Crippen LogP contribution in [0, 0.1) is 5.82 Å². The molecule has 29 heavy (non-hydrogen) atoms. The van der Waals surface area contributed by atoms with Gasteiger partial charge in [0.2, 0.25) is 10.0 Å². The zero-order valence-corrected chi connectivity index (χ0v) is 17.1. The molecule has 2 aromatic carbocycles. The van der Waals surface area contributed by atoms with Gasteiger partial charge in [0.15, 0.2) is 6.54 Å². The Bertz CT molecular complexity index is 914. The molecule has 6 nitrogen and oxygen atoms in total. The van der Waals surface area contributed by atoms with Gasteiger partial charge in [0.25, 0.3) is 5.91 Å². The third-order valence-corrected chi connectivity index (χ3v) is 6.98. The Hall–Kier alpha value is -2.29. The lowest BCUT2D eigenvalue weighted by Gasteiger charge is -2.31. The van der Waals surface area contributed by atoms with Gasteiger partial charge in [0, 0.05) is 6.54 Å². The maximum absolute atomic E-state index is 13.4. The van der Waals surface area contributed by atoms with Crippen molar-refractivity contribution in [3.05, 3.63) is 66.0 Å². The second kappa shape index (κ2) is 9.96. The Balaban J connectivity index is 1.39. The molecule has 1 aliphatic heterocycles. The standard InChI is InChI=1S/C21H26FN3O3S/c22-19-9-4-10-20(16-19)29(27,28)25-14-12-24(13-15-25)17-21(26)23-11-5-8-18-6-2-1-3-7-18/h1-4,6-7,9-10,16H,5,8,11-15,17H2,(H,23,26)/p+1. The highest BCUT2D eigenvalue weighted by atomic mass is 32.2. The van der Waals surface area contributed by atoms with Gasteiger partial charge in [0.05, 0.1) is 31.1 Å². The lowest BCUT2D eigenvalue weighted by atomic mass is 10.1. The Labute approximate surface area is 171 Å². The minimum atomic E-state index is -3.70. The molecule has 1 amide bonds. The van der Waals surface area contributed by atoms with E-state index in [2.05, 4.69) is 17.4 Å². The van der Waals surface area contributed by atoms with Gasteiger partial charge in [-0.05, 0) is 36.6 Å². The van der Waals surface area contributed by atoms with Crippen molar-refractivity contribution in [3.8, 4) is 0 Å². The summed E-state index contributed by atoms with van der Waals surface area (Å²) >= 11 is 0. The lowest BCUT2D eigenvalue weighted by molar-refractivity contribution is -0.895. The van der Waals surface area contributed by atoms with Crippen LogP contribution in [0.2, 0.25) is 0 Å². The number of hydrogen-bond acceptors (Lipinski definition) is 3. The minimum Gasteiger partial charge on any atom is -0.351 e. The Morgan fingerprint density at radius 1 is 1.07 bits per heavy atom. The molecule has 1 heterocycles. The minimum absolute atomic E-state index is 0.0190. The van der Waals surface area contributed by atoms with Crippen molar-refractivity contribution >= 4 is 15.9 Å². The molecule has 1 saturated heterocycles. The van der Waals surface area contributed by atoms with Crippen molar-refractivity contribution in [2.75, 3.05) is 39.3 Å². The molecule has 2 N–H and O–H groups in total. The molecule has 0 saturated carbocycles. The largest absolute Gasteiger partial charge is 0.351 e. The monoisotopic (exact) mass is 420 g/mol. The van der Waals surface area contributed by atoms with E-state index in [9.17, 15) is 17.6 Å². The van der Waals surface area contributed by atoms with Crippen LogP contribution in [0.15, 0.2) is 59.5 Å². The van der Waals surface area contributed by atoms with Crippen LogP contribution >= 0.6 is 0 Å². The second-order valence-corrected chi connectivity index (χ2v) is 9.17. The van der Waals surface area contributed by atoms with Crippen molar-refractivity contribution < 1.29 is 22.5 Å². The quantitative estimate of drug-likeness (QED) is 0.610. The molecule has 1 fully saturated rings. The summed E-state index contributed by atoms with van der Waals surface area (Å²) < 4.78 is 40.0. The number of aryl methyl sites for hydroxylation is 1. The van der Waals surface area contributed by atoms with Gasteiger partial charge in [-0.25, -0.2) is 12.8 Å². The third-order valence-electron chi connectivity index (χ3n) is 5.08. The van der Waals surface area contributed by atoms with E-state index in [1.807, 2.05) is 18.2 Å². The summed E-state index contributed by atoms with van der Waals surface area (Å²) in [5.74, 6) is -0.589. The fourth-order valence-electron chi connectivity index (χ4n) is 3.45. The van der Waals surface area contributed by atoms with Gasteiger partial charge in [-0.2, -0.15) is 4.31 Å². The van der Waals surface area contributed by atoms with Gasteiger partial charge in [-0.3, -0.25) is 4.79 Å². The average Bonchev–Trinajstić information content (AvgIpc) is 2.72. The molecular weight excluding hydrogens is 393 g/mol. The van der Waals surface area contributed by atoms with Crippen LogP contribution in [-0.4, -0.2) is 57.9 Å². The summed E-state index contributed by atoms with van der Waals surface area (Å²) in [6.07, 6.45) is 1.80. The molecular formula is C21H27FN3O3S+. The van der Waals surface area contributed by atoms with Crippen LogP contribution in [0.1, 0.15) is 12.0 Å². The van der Waals surface area contributed by atoms with E-state index in [0.717, 1.165) is 23.8 Å². The van der Waals surface area contributed by atoms with Gasteiger partial charge in [0.1, 0.15) is 5.82 Å². The van der Waals surface area contributed by atoms with Gasteiger partial charge < -0.3 is 10.2 Å². The number of amides is 1. The number of piperazine rings is 1. The summed E-state index contributed by atoms with van der Waals surface area (Å²) in [7, 11) is -3.70. The molecule has 0 aliphatic carbocycles. The Morgan fingerprint density at radius 3 is 2.48 bits per heavy atom. The normalized spacial score (nSPS) is 15.9. The van der Waals surface area contributed by atoms with E-state index in [4.69, 9.17) is 0 Å². The van der Waals surface area contributed by atoms with E-state index in [0.29, 0.717) is 39.3 Å². The summed E-state index contributed by atoms with van der Waals surface area (Å²) in [4.78, 5) is 13.2. The first-order valence-corrected chi connectivity index (χ1v) is 11.3. The van der Waals surface area contributed by atoms with Crippen LogP contribution in [0.4, 0.5) is 4.39 Å². The fraction of sp³-hybridized carbons (Fsp3) is 0.381. The summed E-state index contributed by atoms with van der Waals surface area (Å²) in [6, 6.07) is 15.2. The van der Waals surface area contributed by atoms with Crippen LogP contribution in [-0.2, 0) is 21.2 Å². The molecule has 3 rings (SSSR count). The zero-order valence-electron chi connectivity index (χ0n) is 16.3. The molecule has 156 valence electrons. The summed E-state index contributed by atoms with van der Waals surface area (Å²) in [5.41, 5.74) is 1.25. The van der Waals surface area contributed by atoms with Crippen molar-refractivity contribution in [1.29, 1.82) is 0 Å². The molecule has 0 aromatic heterocycles. The Kier molecular flexibility index (Phi) is 7.35. The number of rotatable bonds is 8. The van der Waals surface area contributed by atoms with E-state index in [-0.39, 0.29) is 10.8 Å². The van der Waals surface area contributed by atoms with Crippen molar-refractivity contribution in [2.24, 2.45) is 0 Å². The topological polar surface area (TPSA) is 70.9 Å². The van der Waals surface area contributed by atoms with Gasteiger partial charge >= 0.3 is 0 Å². The van der Waals surface area contributed by atoms with Crippen molar-refractivity contribution in [2.45, 2.75) is 17.7 Å². The van der Waals surface area contributed by atoms with Gasteiger partial charge in [-0.1, -0.05) is 36.4 Å². The van der Waals surface area contributed by atoms with Crippen LogP contribution in [0.25, 0.3) is 0 Å². The number of benzene rings is 2. The summed E-state index contributed by atoms with van der Waals surface area (Å²) in [6.45, 7) is 2.68. The molecule has 1 aliphatic rings. The van der Waals surface area contributed by atoms with Crippen LogP contribution in [0.5, 0.6) is 0 Å². The molecule has 8 heteroatoms.